The van der Waals surface area contributed by atoms with Crippen LogP contribution in [-0.4, -0.2) is 19.6 Å². The highest BCUT2D eigenvalue weighted by Crippen LogP contribution is 2.19. The van der Waals surface area contributed by atoms with Crippen LogP contribution in [0.1, 0.15) is 30.4 Å². The van der Waals surface area contributed by atoms with E-state index in [1.54, 1.807) is 19.2 Å². The Kier molecular flexibility index (Phi) is 6.15. The number of methoxy groups -OCH3 is 1. The average Bonchev–Trinajstić information content (AvgIpc) is 2.55. The Labute approximate surface area is 136 Å². The molecule has 0 spiro atoms. The molecule has 1 unspecified atom stereocenters. The van der Waals surface area contributed by atoms with Crippen LogP contribution in [0, 0.1) is 5.82 Å². The van der Waals surface area contributed by atoms with Crippen LogP contribution >= 0.6 is 0 Å². The normalized spacial score (nSPS) is 11.8. The molecule has 0 bridgehead atoms. The number of nitrogens with one attached hydrogen (secondary N) is 1. The van der Waals surface area contributed by atoms with E-state index < -0.39 is 0 Å². The molecule has 122 valence electrons. The van der Waals surface area contributed by atoms with E-state index in [1.807, 2.05) is 31.2 Å². The summed E-state index contributed by atoms with van der Waals surface area (Å²) < 4.78 is 18.1. The highest BCUT2D eigenvalue weighted by atomic mass is 19.1. The second-order valence-electron chi connectivity index (χ2n) is 5.61. The molecule has 0 aliphatic carbocycles. The van der Waals surface area contributed by atoms with Gasteiger partial charge in [-0.25, -0.2) is 4.39 Å². The van der Waals surface area contributed by atoms with Gasteiger partial charge in [-0.05, 0) is 47.7 Å². The fourth-order valence-electron chi connectivity index (χ4n) is 2.43. The Morgan fingerprint density at radius 3 is 2.65 bits per heavy atom. The smallest absolute Gasteiger partial charge is 0.220 e. The quantitative estimate of drug-likeness (QED) is 0.846. The number of rotatable bonds is 7. The zero-order valence-electron chi connectivity index (χ0n) is 13.5. The molecular formula is C19H22FNO2. The lowest BCUT2D eigenvalue weighted by Gasteiger charge is -2.12. The minimum absolute atomic E-state index is 0.00437. The van der Waals surface area contributed by atoms with Crippen molar-refractivity contribution in [2.45, 2.75) is 25.7 Å². The standard InChI is InChI=1S/C19H22FNO2/c1-14(16-6-8-17(20)9-7-16)12-19(22)21-11-10-15-4-3-5-18(13-15)23-2/h3-9,13-14H,10-12H2,1-2H3,(H,21,22). The number of hydrogen-bond donors (Lipinski definition) is 1. The number of amides is 1. The number of halogens is 1. The zero-order chi connectivity index (χ0) is 16.7. The molecule has 0 aromatic heterocycles. The molecule has 0 saturated carbocycles. The summed E-state index contributed by atoms with van der Waals surface area (Å²) in [6.07, 6.45) is 1.15. The van der Waals surface area contributed by atoms with Gasteiger partial charge in [0.15, 0.2) is 0 Å². The second kappa shape index (κ2) is 8.32. The Hall–Kier alpha value is -2.36. The Bertz CT molecular complexity index is 640. The molecule has 0 radical (unpaired) electrons. The van der Waals surface area contributed by atoms with Crippen molar-refractivity contribution in [2.24, 2.45) is 0 Å². The summed E-state index contributed by atoms with van der Waals surface area (Å²) in [6, 6.07) is 14.1. The largest absolute Gasteiger partial charge is 0.497 e. The van der Waals surface area contributed by atoms with Crippen LogP contribution in [0.15, 0.2) is 48.5 Å². The molecule has 1 amide bonds. The van der Waals surface area contributed by atoms with E-state index in [9.17, 15) is 9.18 Å². The maximum Gasteiger partial charge on any atom is 0.220 e. The van der Waals surface area contributed by atoms with E-state index >= 15 is 0 Å². The first-order valence-electron chi connectivity index (χ1n) is 7.73. The molecule has 0 heterocycles. The Balaban J connectivity index is 1.77. The van der Waals surface area contributed by atoms with Crippen LogP contribution in [0.4, 0.5) is 4.39 Å². The Morgan fingerprint density at radius 1 is 1.22 bits per heavy atom. The molecule has 23 heavy (non-hydrogen) atoms. The molecule has 4 heteroatoms. The van der Waals surface area contributed by atoms with Crippen LogP contribution in [0.5, 0.6) is 5.75 Å². The molecule has 0 aliphatic heterocycles. The van der Waals surface area contributed by atoms with Gasteiger partial charge >= 0.3 is 0 Å². The van der Waals surface area contributed by atoms with Crippen LogP contribution in [0.25, 0.3) is 0 Å². The van der Waals surface area contributed by atoms with Gasteiger partial charge < -0.3 is 10.1 Å². The molecule has 0 saturated heterocycles. The van der Waals surface area contributed by atoms with Crippen molar-refractivity contribution in [1.29, 1.82) is 0 Å². The lowest BCUT2D eigenvalue weighted by molar-refractivity contribution is -0.121. The van der Waals surface area contributed by atoms with Crippen molar-refractivity contribution in [3.05, 3.63) is 65.5 Å². The molecule has 2 aromatic carbocycles. The third-order valence-corrected chi connectivity index (χ3v) is 3.80. The van der Waals surface area contributed by atoms with Crippen LogP contribution < -0.4 is 10.1 Å². The van der Waals surface area contributed by atoms with Crippen molar-refractivity contribution in [2.75, 3.05) is 13.7 Å². The van der Waals surface area contributed by atoms with Crippen LogP contribution in [0.3, 0.4) is 0 Å². The molecule has 2 aromatic rings. The van der Waals surface area contributed by atoms with Crippen molar-refractivity contribution in [1.82, 2.24) is 5.32 Å². The van der Waals surface area contributed by atoms with Gasteiger partial charge in [-0.1, -0.05) is 31.2 Å². The molecular weight excluding hydrogens is 293 g/mol. The molecule has 1 atom stereocenters. The van der Waals surface area contributed by atoms with Gasteiger partial charge in [0.25, 0.3) is 0 Å². The van der Waals surface area contributed by atoms with Crippen LogP contribution in [-0.2, 0) is 11.2 Å². The average molecular weight is 315 g/mol. The molecule has 3 nitrogen and oxygen atoms in total. The predicted octanol–water partition coefficient (Wildman–Crippen LogP) is 3.69. The fourth-order valence-corrected chi connectivity index (χ4v) is 2.43. The monoisotopic (exact) mass is 315 g/mol. The zero-order valence-corrected chi connectivity index (χ0v) is 13.5. The van der Waals surface area contributed by atoms with E-state index in [-0.39, 0.29) is 17.6 Å². The first-order chi connectivity index (χ1) is 11.1. The number of carbonyl (C=O) groups excluding carboxylic acids is 1. The summed E-state index contributed by atoms with van der Waals surface area (Å²) in [6.45, 7) is 2.55. The van der Waals surface area contributed by atoms with E-state index in [0.717, 1.165) is 23.3 Å². The fraction of sp³-hybridized carbons (Fsp3) is 0.316. The third-order valence-electron chi connectivity index (χ3n) is 3.80. The minimum atomic E-state index is -0.260. The van der Waals surface area contributed by atoms with Gasteiger partial charge in [-0.2, -0.15) is 0 Å². The summed E-state index contributed by atoms with van der Waals surface area (Å²) in [5.74, 6) is 0.625. The minimum Gasteiger partial charge on any atom is -0.497 e. The maximum atomic E-state index is 12.9. The van der Waals surface area contributed by atoms with Crippen LogP contribution in [0.2, 0.25) is 0 Å². The van der Waals surface area contributed by atoms with Gasteiger partial charge in [0.1, 0.15) is 11.6 Å². The second-order valence-corrected chi connectivity index (χ2v) is 5.61. The van der Waals surface area contributed by atoms with Crippen molar-refractivity contribution < 1.29 is 13.9 Å². The first kappa shape index (κ1) is 17.0. The third kappa shape index (κ3) is 5.40. The molecule has 1 N–H and O–H groups in total. The first-order valence-corrected chi connectivity index (χ1v) is 7.73. The van der Waals surface area contributed by atoms with E-state index in [2.05, 4.69) is 5.32 Å². The molecule has 0 fully saturated rings. The summed E-state index contributed by atoms with van der Waals surface area (Å²) in [5, 5.41) is 2.93. The molecule has 2 rings (SSSR count). The van der Waals surface area contributed by atoms with Gasteiger partial charge in [-0.3, -0.25) is 4.79 Å². The summed E-state index contributed by atoms with van der Waals surface area (Å²) in [7, 11) is 1.64. The van der Waals surface area contributed by atoms with E-state index in [1.165, 1.54) is 12.1 Å². The molecule has 0 aliphatic rings. The lowest BCUT2D eigenvalue weighted by atomic mass is 9.97. The predicted molar refractivity (Wildman–Crippen MR) is 89.1 cm³/mol. The van der Waals surface area contributed by atoms with Gasteiger partial charge in [0.05, 0.1) is 7.11 Å². The highest BCUT2D eigenvalue weighted by Gasteiger charge is 2.11. The van der Waals surface area contributed by atoms with Gasteiger partial charge in [0.2, 0.25) is 5.91 Å². The summed E-state index contributed by atoms with van der Waals surface area (Å²) >= 11 is 0. The SMILES string of the molecule is COc1cccc(CCNC(=O)CC(C)c2ccc(F)cc2)c1. The van der Waals surface area contributed by atoms with Crippen molar-refractivity contribution in [3.8, 4) is 5.75 Å². The number of benzene rings is 2. The lowest BCUT2D eigenvalue weighted by Crippen LogP contribution is -2.26. The van der Waals surface area contributed by atoms with Gasteiger partial charge in [-0.15, -0.1) is 0 Å². The summed E-state index contributed by atoms with van der Waals surface area (Å²) in [4.78, 5) is 12.0. The van der Waals surface area contributed by atoms with Crippen molar-refractivity contribution in [3.63, 3.8) is 0 Å². The Morgan fingerprint density at radius 2 is 1.96 bits per heavy atom. The highest BCUT2D eigenvalue weighted by molar-refractivity contribution is 5.76. The maximum absolute atomic E-state index is 12.9. The van der Waals surface area contributed by atoms with E-state index in [0.29, 0.717) is 13.0 Å². The number of hydrogen-bond acceptors (Lipinski definition) is 2. The summed E-state index contributed by atoms with van der Waals surface area (Å²) in [5.41, 5.74) is 2.09. The van der Waals surface area contributed by atoms with Gasteiger partial charge in [0, 0.05) is 13.0 Å². The number of ether oxygens (including phenoxy) is 1. The number of carbonyl (C=O) groups is 1. The topological polar surface area (TPSA) is 38.3 Å². The van der Waals surface area contributed by atoms with Crippen molar-refractivity contribution >= 4 is 5.91 Å². The van der Waals surface area contributed by atoms with E-state index in [4.69, 9.17) is 4.74 Å².